The van der Waals surface area contributed by atoms with E-state index in [1.807, 2.05) is 19.9 Å². The lowest BCUT2D eigenvalue weighted by Crippen LogP contribution is -2.50. The first-order valence-corrected chi connectivity index (χ1v) is 8.36. The second-order valence-electron chi connectivity index (χ2n) is 6.70. The number of benzene rings is 1. The Labute approximate surface area is 148 Å². The van der Waals surface area contributed by atoms with Crippen LogP contribution in [0, 0.1) is 5.41 Å². The molecular formula is C17H26ClN3O3. The minimum absolute atomic E-state index is 0.278. The van der Waals surface area contributed by atoms with Crippen molar-refractivity contribution in [2.24, 2.45) is 16.1 Å². The van der Waals surface area contributed by atoms with Crippen molar-refractivity contribution in [3.8, 4) is 5.75 Å². The molecule has 0 atom stereocenters. The van der Waals surface area contributed by atoms with Crippen molar-refractivity contribution in [3.05, 3.63) is 23.2 Å². The number of hydrogen-bond acceptors (Lipinski definition) is 4. The topological polar surface area (TPSA) is 89.1 Å². The highest BCUT2D eigenvalue weighted by Gasteiger charge is 2.44. The van der Waals surface area contributed by atoms with Crippen molar-refractivity contribution >= 4 is 23.2 Å². The molecule has 1 fully saturated rings. The van der Waals surface area contributed by atoms with Crippen molar-refractivity contribution in [1.82, 2.24) is 0 Å². The smallest absolute Gasteiger partial charge is 0.193 e. The lowest BCUT2D eigenvalue weighted by Gasteiger charge is -2.44. The molecule has 0 unspecified atom stereocenters. The van der Waals surface area contributed by atoms with Crippen molar-refractivity contribution in [3.63, 3.8) is 0 Å². The Bertz CT molecular complexity index is 599. The molecule has 1 aliphatic heterocycles. The molecule has 0 bridgehead atoms. The number of methoxy groups -OCH3 is 1. The monoisotopic (exact) mass is 355 g/mol. The van der Waals surface area contributed by atoms with E-state index in [-0.39, 0.29) is 5.96 Å². The summed E-state index contributed by atoms with van der Waals surface area (Å²) in [4.78, 5) is 4.39. The molecule has 0 amide bonds. The summed E-state index contributed by atoms with van der Waals surface area (Å²) >= 11 is 6.09. The van der Waals surface area contributed by atoms with Crippen LogP contribution < -0.4 is 15.8 Å². The molecule has 7 heteroatoms. The first-order chi connectivity index (χ1) is 11.3. The van der Waals surface area contributed by atoms with Gasteiger partial charge in [-0.25, -0.2) is 0 Å². The van der Waals surface area contributed by atoms with Crippen LogP contribution in [0.15, 0.2) is 23.2 Å². The molecule has 24 heavy (non-hydrogen) atoms. The zero-order valence-electron chi connectivity index (χ0n) is 14.4. The Morgan fingerprint density at radius 1 is 1.46 bits per heavy atom. The van der Waals surface area contributed by atoms with E-state index in [2.05, 4.69) is 10.3 Å². The van der Waals surface area contributed by atoms with Gasteiger partial charge in [-0.05, 0) is 18.2 Å². The lowest BCUT2D eigenvalue weighted by atomic mass is 9.70. The average Bonchev–Trinajstić information content (AvgIpc) is 2.54. The number of guanidine groups is 1. The molecule has 134 valence electrons. The minimum Gasteiger partial charge on any atom is -0.495 e. The third-order valence-electron chi connectivity index (χ3n) is 4.65. The van der Waals surface area contributed by atoms with Crippen molar-refractivity contribution in [2.45, 2.75) is 32.3 Å². The Kier molecular flexibility index (Phi) is 5.96. The Hall–Kier alpha value is -1.50. The van der Waals surface area contributed by atoms with E-state index in [0.717, 1.165) is 5.69 Å². The molecule has 4 N–H and O–H groups in total. The van der Waals surface area contributed by atoms with E-state index in [4.69, 9.17) is 26.8 Å². The number of hydrogen-bond donors (Lipinski definition) is 3. The SMILES string of the molecule is COc1ccc(NC(N)=NCC(C)(C)C2(O)CCOCC2)cc1Cl. The first-order valence-electron chi connectivity index (χ1n) is 7.98. The molecule has 6 nitrogen and oxygen atoms in total. The standard InChI is InChI=1S/C17H26ClN3O3/c1-16(2,17(22)6-8-24-9-7-17)11-20-15(19)21-12-4-5-14(23-3)13(18)10-12/h4-5,10,22H,6-9,11H2,1-3H3,(H3,19,20,21). The number of anilines is 1. The van der Waals surface area contributed by atoms with Gasteiger partial charge in [-0.15, -0.1) is 0 Å². The molecule has 1 aliphatic rings. The molecule has 0 radical (unpaired) electrons. The zero-order chi connectivity index (χ0) is 17.8. The van der Waals surface area contributed by atoms with Crippen molar-refractivity contribution in [1.29, 1.82) is 0 Å². The average molecular weight is 356 g/mol. The highest BCUT2D eigenvalue weighted by atomic mass is 35.5. The van der Waals surface area contributed by atoms with E-state index in [9.17, 15) is 5.11 Å². The second-order valence-corrected chi connectivity index (χ2v) is 7.11. The molecule has 1 aromatic rings. The van der Waals surface area contributed by atoms with Gasteiger partial charge >= 0.3 is 0 Å². The minimum atomic E-state index is -0.793. The van der Waals surface area contributed by atoms with Crippen LogP contribution in [0.4, 0.5) is 5.69 Å². The summed E-state index contributed by atoms with van der Waals surface area (Å²) in [6, 6.07) is 5.29. The van der Waals surface area contributed by atoms with Gasteiger partial charge in [0.05, 0.1) is 24.3 Å². The summed E-state index contributed by atoms with van der Waals surface area (Å²) in [6.45, 7) is 5.55. The van der Waals surface area contributed by atoms with Gasteiger partial charge in [0.2, 0.25) is 0 Å². The maximum Gasteiger partial charge on any atom is 0.193 e. The fraction of sp³-hybridized carbons (Fsp3) is 0.588. The van der Waals surface area contributed by atoms with Crippen LogP contribution >= 0.6 is 11.6 Å². The molecule has 2 rings (SSSR count). The van der Waals surface area contributed by atoms with Crippen LogP contribution in [0.25, 0.3) is 0 Å². The summed E-state index contributed by atoms with van der Waals surface area (Å²) in [5.74, 6) is 0.876. The normalized spacial score (nSPS) is 18.3. The molecule has 0 saturated carbocycles. The van der Waals surface area contributed by atoms with E-state index in [1.165, 1.54) is 0 Å². The number of nitrogens with zero attached hydrogens (tertiary/aromatic N) is 1. The van der Waals surface area contributed by atoms with Crippen molar-refractivity contribution < 1.29 is 14.6 Å². The van der Waals surface area contributed by atoms with Crippen LogP contribution in [-0.4, -0.2) is 43.5 Å². The number of nitrogens with two attached hydrogens (primary N) is 1. The van der Waals surface area contributed by atoms with Crippen LogP contribution in [0.3, 0.4) is 0 Å². The van der Waals surface area contributed by atoms with Crippen LogP contribution in [0.1, 0.15) is 26.7 Å². The third kappa shape index (κ3) is 4.32. The molecule has 0 spiro atoms. The van der Waals surface area contributed by atoms with Gasteiger partial charge in [-0.3, -0.25) is 4.99 Å². The predicted molar refractivity (Wildman–Crippen MR) is 96.9 cm³/mol. The summed E-state index contributed by atoms with van der Waals surface area (Å²) in [5.41, 5.74) is 5.50. The number of rotatable bonds is 5. The van der Waals surface area contributed by atoms with Crippen LogP contribution in [-0.2, 0) is 4.74 Å². The van der Waals surface area contributed by atoms with Gasteiger partial charge in [-0.1, -0.05) is 25.4 Å². The van der Waals surface area contributed by atoms with Crippen molar-refractivity contribution in [2.75, 3.05) is 32.2 Å². The highest BCUT2D eigenvalue weighted by molar-refractivity contribution is 6.32. The lowest BCUT2D eigenvalue weighted by molar-refractivity contribution is -0.128. The van der Waals surface area contributed by atoms with Gasteiger partial charge in [-0.2, -0.15) is 0 Å². The van der Waals surface area contributed by atoms with E-state index < -0.39 is 11.0 Å². The van der Waals surface area contributed by atoms with Gasteiger partial charge in [0.15, 0.2) is 5.96 Å². The molecule has 1 heterocycles. The number of ether oxygens (including phenoxy) is 2. The van der Waals surface area contributed by atoms with E-state index in [1.54, 1.807) is 19.2 Å². The molecule has 0 aromatic heterocycles. The molecule has 1 aromatic carbocycles. The number of aliphatic imine (C=N–C) groups is 1. The Morgan fingerprint density at radius 2 is 2.12 bits per heavy atom. The second kappa shape index (κ2) is 7.59. The van der Waals surface area contributed by atoms with Crippen LogP contribution in [0.5, 0.6) is 5.75 Å². The van der Waals surface area contributed by atoms with E-state index >= 15 is 0 Å². The summed E-state index contributed by atoms with van der Waals surface area (Å²) in [7, 11) is 1.56. The Balaban J connectivity index is 2.01. The predicted octanol–water partition coefficient (Wildman–Crippen LogP) is 2.64. The fourth-order valence-corrected chi connectivity index (χ4v) is 3.01. The van der Waals surface area contributed by atoms with Gasteiger partial charge < -0.3 is 25.6 Å². The van der Waals surface area contributed by atoms with Gasteiger partial charge in [0.1, 0.15) is 5.75 Å². The quantitative estimate of drug-likeness (QED) is 0.558. The van der Waals surface area contributed by atoms with Crippen LogP contribution in [0.2, 0.25) is 5.02 Å². The largest absolute Gasteiger partial charge is 0.495 e. The maximum atomic E-state index is 10.9. The molecular weight excluding hydrogens is 330 g/mol. The Morgan fingerprint density at radius 3 is 2.71 bits per heavy atom. The molecule has 1 saturated heterocycles. The first kappa shape index (κ1) is 18.8. The third-order valence-corrected chi connectivity index (χ3v) is 4.94. The summed E-state index contributed by atoms with van der Waals surface area (Å²) < 4.78 is 10.5. The number of aliphatic hydroxyl groups is 1. The maximum absolute atomic E-state index is 10.9. The number of nitrogens with one attached hydrogen (secondary N) is 1. The highest BCUT2D eigenvalue weighted by Crippen LogP contribution is 2.38. The fourth-order valence-electron chi connectivity index (χ4n) is 2.75. The molecule has 0 aliphatic carbocycles. The zero-order valence-corrected chi connectivity index (χ0v) is 15.2. The van der Waals surface area contributed by atoms with Gasteiger partial charge in [0, 0.05) is 37.2 Å². The summed E-state index contributed by atoms with van der Waals surface area (Å²) in [6.07, 6.45) is 1.22. The van der Waals surface area contributed by atoms with E-state index in [0.29, 0.717) is 43.4 Å². The van der Waals surface area contributed by atoms with Gasteiger partial charge in [0.25, 0.3) is 0 Å². The summed E-state index contributed by atoms with van der Waals surface area (Å²) in [5, 5.41) is 14.4. The number of halogens is 1.